The summed E-state index contributed by atoms with van der Waals surface area (Å²) in [6.07, 6.45) is 0. The first kappa shape index (κ1) is 14.3. The summed E-state index contributed by atoms with van der Waals surface area (Å²) in [4.78, 5) is 11.5. The number of carbonyl (C=O) groups excluding carboxylic acids is 1. The van der Waals surface area contributed by atoms with Crippen molar-refractivity contribution in [1.82, 2.24) is 4.90 Å². The van der Waals surface area contributed by atoms with E-state index in [0.29, 0.717) is 10.6 Å². The summed E-state index contributed by atoms with van der Waals surface area (Å²) >= 11 is 16.8. The number of hydrogen-bond acceptors (Lipinski definition) is 2. The van der Waals surface area contributed by atoms with Gasteiger partial charge < -0.3 is 0 Å². The van der Waals surface area contributed by atoms with Crippen molar-refractivity contribution in [3.8, 4) is 0 Å². The molecule has 0 aliphatic heterocycles. The molecule has 6 heteroatoms. The van der Waals surface area contributed by atoms with Crippen molar-refractivity contribution in [2.45, 2.75) is 11.8 Å². The third-order valence-corrected chi connectivity index (χ3v) is 2.90. The fourth-order valence-corrected chi connectivity index (χ4v) is 1.85. The van der Waals surface area contributed by atoms with Crippen molar-refractivity contribution in [1.29, 1.82) is 5.41 Å². The van der Waals surface area contributed by atoms with Gasteiger partial charge in [-0.1, -0.05) is 34.8 Å². The summed E-state index contributed by atoms with van der Waals surface area (Å²) in [6, 6.07) is 5.07. The van der Waals surface area contributed by atoms with Crippen LogP contribution in [0, 0.1) is 12.3 Å². The highest BCUT2D eigenvalue weighted by molar-refractivity contribution is 6.54. The average molecular weight is 294 g/mol. The van der Waals surface area contributed by atoms with E-state index in [1.54, 1.807) is 18.2 Å². The van der Waals surface area contributed by atoms with Crippen LogP contribution in [0.2, 0.25) is 5.02 Å². The van der Waals surface area contributed by atoms with Crippen molar-refractivity contribution in [2.75, 3.05) is 7.05 Å². The van der Waals surface area contributed by atoms with Crippen LogP contribution in [0.15, 0.2) is 18.2 Å². The lowest BCUT2D eigenvalue weighted by Gasteiger charge is -2.20. The van der Waals surface area contributed by atoms with Crippen molar-refractivity contribution in [3.05, 3.63) is 34.3 Å². The molecule has 3 nitrogen and oxygen atoms in total. The Kier molecular flexibility index (Phi) is 4.80. The van der Waals surface area contributed by atoms with Gasteiger partial charge in [0.05, 0.1) is 0 Å². The number of benzene rings is 1. The molecule has 0 atom stereocenters. The summed E-state index contributed by atoms with van der Waals surface area (Å²) in [5.41, 5.74) is 1.42. The SMILES string of the molecule is Cc1cc(Cl)ccc1C(=N)N(C)C(=O)C(Cl)Cl. The summed E-state index contributed by atoms with van der Waals surface area (Å²) in [5, 5.41) is 8.50. The molecular weight excluding hydrogens is 282 g/mol. The third kappa shape index (κ3) is 3.35. The summed E-state index contributed by atoms with van der Waals surface area (Å²) in [6.45, 7) is 1.81. The molecular formula is C11H11Cl3N2O. The fourth-order valence-electron chi connectivity index (χ4n) is 1.33. The number of alkyl halides is 2. The molecule has 0 heterocycles. The minimum Gasteiger partial charge on any atom is -0.298 e. The van der Waals surface area contributed by atoms with E-state index in [2.05, 4.69) is 0 Å². The number of aryl methyl sites for hydroxylation is 1. The number of amidine groups is 1. The molecule has 0 saturated carbocycles. The average Bonchev–Trinajstić information content (AvgIpc) is 2.26. The highest BCUT2D eigenvalue weighted by Crippen LogP contribution is 2.17. The van der Waals surface area contributed by atoms with E-state index in [9.17, 15) is 4.79 Å². The van der Waals surface area contributed by atoms with E-state index in [1.165, 1.54) is 7.05 Å². The summed E-state index contributed by atoms with van der Waals surface area (Å²) < 4.78 is 0. The Morgan fingerprint density at radius 3 is 2.47 bits per heavy atom. The van der Waals surface area contributed by atoms with Crippen LogP contribution in [0.1, 0.15) is 11.1 Å². The Balaban J connectivity index is 3.01. The lowest BCUT2D eigenvalue weighted by atomic mass is 10.1. The topological polar surface area (TPSA) is 44.2 Å². The second-order valence-corrected chi connectivity index (χ2v) is 5.04. The molecule has 0 radical (unpaired) electrons. The van der Waals surface area contributed by atoms with Crippen LogP contribution in [-0.4, -0.2) is 28.5 Å². The van der Waals surface area contributed by atoms with Crippen molar-refractivity contribution >= 4 is 46.5 Å². The number of amides is 1. The van der Waals surface area contributed by atoms with E-state index in [1.807, 2.05) is 6.92 Å². The Bertz CT molecular complexity index is 460. The number of carbonyl (C=O) groups is 1. The first-order valence-electron chi connectivity index (χ1n) is 4.75. The zero-order chi connectivity index (χ0) is 13.2. The van der Waals surface area contributed by atoms with Gasteiger partial charge in [0.1, 0.15) is 5.84 Å². The predicted octanol–water partition coefficient (Wildman–Crippen LogP) is 3.24. The van der Waals surface area contributed by atoms with Gasteiger partial charge in [-0.05, 0) is 30.7 Å². The Morgan fingerprint density at radius 2 is 2.00 bits per heavy atom. The van der Waals surface area contributed by atoms with Gasteiger partial charge in [0.15, 0.2) is 4.84 Å². The van der Waals surface area contributed by atoms with Gasteiger partial charge in [0, 0.05) is 17.6 Å². The van der Waals surface area contributed by atoms with Crippen molar-refractivity contribution < 1.29 is 4.79 Å². The van der Waals surface area contributed by atoms with Gasteiger partial charge >= 0.3 is 0 Å². The number of nitrogens with one attached hydrogen (secondary N) is 1. The van der Waals surface area contributed by atoms with Crippen LogP contribution < -0.4 is 0 Å². The van der Waals surface area contributed by atoms with Crippen LogP contribution >= 0.6 is 34.8 Å². The minimum absolute atomic E-state index is 0.0375. The van der Waals surface area contributed by atoms with Crippen molar-refractivity contribution in [2.24, 2.45) is 0 Å². The van der Waals surface area contributed by atoms with Gasteiger partial charge in [-0.25, -0.2) is 0 Å². The van der Waals surface area contributed by atoms with E-state index >= 15 is 0 Å². The number of rotatable bonds is 2. The molecule has 1 N–H and O–H groups in total. The number of halogens is 3. The van der Waals surface area contributed by atoms with E-state index in [0.717, 1.165) is 10.5 Å². The molecule has 0 bridgehead atoms. The Hall–Kier alpha value is -0.770. The summed E-state index contributed by atoms with van der Waals surface area (Å²) in [5.74, 6) is -0.497. The number of nitrogens with zero attached hydrogens (tertiary/aromatic N) is 1. The number of hydrogen-bond donors (Lipinski definition) is 1. The zero-order valence-electron chi connectivity index (χ0n) is 9.30. The lowest BCUT2D eigenvalue weighted by molar-refractivity contribution is -0.124. The van der Waals surface area contributed by atoms with E-state index in [4.69, 9.17) is 40.2 Å². The molecule has 0 unspecified atom stereocenters. The van der Waals surface area contributed by atoms with Gasteiger partial charge in [-0.15, -0.1) is 0 Å². The first-order chi connectivity index (χ1) is 7.84. The predicted molar refractivity (Wildman–Crippen MR) is 71.3 cm³/mol. The molecule has 0 aromatic heterocycles. The van der Waals surface area contributed by atoms with Crippen LogP contribution in [0.4, 0.5) is 0 Å². The molecule has 0 aliphatic rings. The second-order valence-electron chi connectivity index (χ2n) is 3.51. The van der Waals surface area contributed by atoms with E-state index in [-0.39, 0.29) is 5.84 Å². The van der Waals surface area contributed by atoms with Crippen LogP contribution in [-0.2, 0) is 4.79 Å². The molecule has 1 aromatic carbocycles. The van der Waals surface area contributed by atoms with E-state index < -0.39 is 10.7 Å². The normalized spacial score (nSPS) is 10.5. The molecule has 92 valence electrons. The maximum atomic E-state index is 11.5. The lowest BCUT2D eigenvalue weighted by Crippen LogP contribution is -2.36. The molecule has 0 saturated heterocycles. The molecule has 1 amide bonds. The molecule has 0 fully saturated rings. The largest absolute Gasteiger partial charge is 0.298 e. The molecule has 1 aromatic rings. The monoisotopic (exact) mass is 292 g/mol. The van der Waals surface area contributed by atoms with Crippen LogP contribution in [0.3, 0.4) is 0 Å². The summed E-state index contributed by atoms with van der Waals surface area (Å²) in [7, 11) is 1.45. The maximum absolute atomic E-state index is 11.5. The first-order valence-corrected chi connectivity index (χ1v) is 6.00. The molecule has 0 aliphatic carbocycles. The zero-order valence-corrected chi connectivity index (χ0v) is 11.6. The minimum atomic E-state index is -1.17. The van der Waals surface area contributed by atoms with Gasteiger partial charge in [0.25, 0.3) is 5.91 Å². The van der Waals surface area contributed by atoms with Gasteiger partial charge in [-0.2, -0.15) is 0 Å². The van der Waals surface area contributed by atoms with Gasteiger partial charge in [0.2, 0.25) is 0 Å². The highest BCUT2D eigenvalue weighted by Gasteiger charge is 2.21. The Labute approximate surface area is 115 Å². The van der Waals surface area contributed by atoms with Gasteiger partial charge in [-0.3, -0.25) is 15.1 Å². The van der Waals surface area contributed by atoms with Crippen molar-refractivity contribution in [3.63, 3.8) is 0 Å². The quantitative estimate of drug-likeness (QED) is 0.508. The molecule has 1 rings (SSSR count). The maximum Gasteiger partial charge on any atom is 0.261 e. The van der Waals surface area contributed by atoms with Crippen LogP contribution in [0.25, 0.3) is 0 Å². The second kappa shape index (κ2) is 5.71. The molecule has 17 heavy (non-hydrogen) atoms. The fraction of sp³-hybridized carbons (Fsp3) is 0.273. The molecule has 0 spiro atoms. The van der Waals surface area contributed by atoms with Crippen LogP contribution in [0.5, 0.6) is 0 Å². The smallest absolute Gasteiger partial charge is 0.261 e. The Morgan fingerprint density at radius 1 is 1.41 bits per heavy atom. The standard InChI is InChI=1S/C11H11Cl3N2O/c1-6-5-7(12)3-4-8(6)10(15)16(2)11(17)9(13)14/h3-5,9,15H,1-2H3. The highest BCUT2D eigenvalue weighted by atomic mass is 35.5. The third-order valence-electron chi connectivity index (χ3n) is 2.30.